The van der Waals surface area contributed by atoms with Crippen LogP contribution in [0.2, 0.25) is 0 Å². The van der Waals surface area contributed by atoms with E-state index in [9.17, 15) is 25.6 Å². The van der Waals surface area contributed by atoms with Gasteiger partial charge in [-0.1, -0.05) is 0 Å². The fraction of sp³-hybridized carbons (Fsp3) is 0.250. The van der Waals surface area contributed by atoms with Gasteiger partial charge in [-0.25, -0.2) is 25.6 Å². The number of sulfone groups is 1. The Bertz CT molecular complexity index is 671. The van der Waals surface area contributed by atoms with E-state index in [1.807, 2.05) is 0 Å². The van der Waals surface area contributed by atoms with Crippen LogP contribution in [0.25, 0.3) is 0 Å². The molecule has 0 amide bonds. The molecule has 6 nitrogen and oxygen atoms in total. The van der Waals surface area contributed by atoms with Crippen molar-refractivity contribution in [3.63, 3.8) is 0 Å². The van der Waals surface area contributed by atoms with Crippen molar-refractivity contribution in [3.05, 3.63) is 23.8 Å². The van der Waals surface area contributed by atoms with Crippen molar-refractivity contribution in [3.8, 4) is 0 Å². The van der Waals surface area contributed by atoms with Crippen LogP contribution in [0, 0.1) is 11.6 Å². The lowest BCUT2D eigenvalue weighted by Gasteiger charge is -2.09. The molecule has 0 atom stereocenters. The molecule has 0 spiro atoms. The summed E-state index contributed by atoms with van der Waals surface area (Å²) in [5, 5.41) is -1.21. The topological polar surface area (TPSA) is 106 Å². The van der Waals surface area contributed by atoms with Crippen molar-refractivity contribution in [2.45, 2.75) is 0 Å². The maximum atomic E-state index is 13.2. The van der Waals surface area contributed by atoms with Crippen LogP contribution < -0.4 is 10.5 Å². The quantitative estimate of drug-likeness (QED) is 0.777. The van der Waals surface area contributed by atoms with Crippen LogP contribution >= 0.6 is 0 Å². The molecule has 0 aliphatic rings. The zero-order valence-corrected chi connectivity index (χ0v) is 10.8. The molecule has 10 heteroatoms. The van der Waals surface area contributed by atoms with Crippen molar-refractivity contribution in [1.29, 1.82) is 0 Å². The Morgan fingerprint density at radius 3 is 2.22 bits per heavy atom. The first-order valence-corrected chi connectivity index (χ1v) is 8.14. The van der Waals surface area contributed by atoms with Gasteiger partial charge in [0.05, 0.1) is 11.4 Å². The molecule has 102 valence electrons. The lowest BCUT2D eigenvalue weighted by Crippen LogP contribution is -2.22. The second-order valence-electron chi connectivity index (χ2n) is 3.61. The molecule has 0 fully saturated rings. The summed E-state index contributed by atoms with van der Waals surface area (Å²) in [6.07, 6.45) is 0.710. The Balaban J connectivity index is 3.09. The molecule has 0 saturated carbocycles. The minimum atomic E-state index is -4.30. The lowest BCUT2D eigenvalue weighted by molar-refractivity contribution is 0.584. The van der Waals surface area contributed by atoms with E-state index in [1.54, 1.807) is 4.72 Å². The molecule has 18 heavy (non-hydrogen) atoms. The predicted octanol–water partition coefficient (Wildman–Crippen LogP) is 0.291. The largest absolute Gasteiger partial charge is 0.396 e. The van der Waals surface area contributed by atoms with Gasteiger partial charge in [-0.05, 0) is 6.07 Å². The number of nitrogens with one attached hydrogen (secondary N) is 1. The van der Waals surface area contributed by atoms with Gasteiger partial charge in [0, 0.05) is 12.3 Å². The van der Waals surface area contributed by atoms with Gasteiger partial charge >= 0.3 is 0 Å². The normalized spacial score (nSPS) is 12.4. The molecule has 1 rings (SSSR count). The zero-order valence-electron chi connectivity index (χ0n) is 9.14. The number of benzene rings is 1. The summed E-state index contributed by atoms with van der Waals surface area (Å²) in [5.74, 6) is -2.24. The molecule has 0 aliphatic heterocycles. The summed E-state index contributed by atoms with van der Waals surface area (Å²) >= 11 is 0. The smallest absolute Gasteiger partial charge is 0.247 e. The van der Waals surface area contributed by atoms with Crippen molar-refractivity contribution in [1.82, 2.24) is 0 Å². The Hall–Kier alpha value is -1.42. The SMILES string of the molecule is CS(=O)(=O)CS(=O)(=O)Nc1cc(N)c(F)cc1F. The highest BCUT2D eigenvalue weighted by Crippen LogP contribution is 2.22. The Morgan fingerprint density at radius 1 is 1.17 bits per heavy atom. The van der Waals surface area contributed by atoms with Crippen molar-refractivity contribution in [2.24, 2.45) is 0 Å². The molecular weight excluding hydrogens is 290 g/mol. The highest BCUT2D eigenvalue weighted by molar-refractivity contribution is 8.08. The van der Waals surface area contributed by atoms with E-state index < -0.39 is 48.0 Å². The van der Waals surface area contributed by atoms with E-state index in [4.69, 9.17) is 5.73 Å². The number of hydrogen-bond donors (Lipinski definition) is 2. The van der Waals surface area contributed by atoms with Crippen LogP contribution in [0.4, 0.5) is 20.2 Å². The monoisotopic (exact) mass is 300 g/mol. The summed E-state index contributed by atoms with van der Waals surface area (Å²) in [5.41, 5.74) is 4.06. The average Bonchev–Trinajstić information content (AvgIpc) is 2.09. The van der Waals surface area contributed by atoms with Crippen LogP contribution in [0.3, 0.4) is 0 Å². The number of sulfonamides is 1. The van der Waals surface area contributed by atoms with Crippen molar-refractivity contribution < 1.29 is 25.6 Å². The van der Waals surface area contributed by atoms with Gasteiger partial charge in [0.1, 0.15) is 11.6 Å². The first-order valence-electron chi connectivity index (χ1n) is 4.43. The average molecular weight is 300 g/mol. The van der Waals surface area contributed by atoms with E-state index >= 15 is 0 Å². The zero-order chi connectivity index (χ0) is 14.1. The van der Waals surface area contributed by atoms with Gasteiger partial charge in [-0.2, -0.15) is 0 Å². The molecule has 0 bridgehead atoms. The Labute approximate surface area is 103 Å². The number of nitrogen functional groups attached to an aromatic ring is 1. The molecule has 0 saturated heterocycles. The Kier molecular flexibility index (Phi) is 3.81. The van der Waals surface area contributed by atoms with E-state index in [1.165, 1.54) is 0 Å². The molecule has 0 radical (unpaired) electrons. The summed E-state index contributed by atoms with van der Waals surface area (Å²) in [4.78, 5) is 0. The number of hydrogen-bond acceptors (Lipinski definition) is 5. The first-order chi connectivity index (χ1) is 8.00. The fourth-order valence-electron chi connectivity index (χ4n) is 1.12. The minimum Gasteiger partial charge on any atom is -0.396 e. The van der Waals surface area contributed by atoms with Crippen LogP contribution in [0.1, 0.15) is 0 Å². The van der Waals surface area contributed by atoms with Gasteiger partial charge in [-0.15, -0.1) is 0 Å². The third kappa shape index (κ3) is 4.11. The molecule has 0 aromatic heterocycles. The van der Waals surface area contributed by atoms with Crippen LogP contribution in [0.15, 0.2) is 12.1 Å². The van der Waals surface area contributed by atoms with Crippen LogP contribution in [0.5, 0.6) is 0 Å². The summed E-state index contributed by atoms with van der Waals surface area (Å²) in [6.45, 7) is 0. The number of rotatable bonds is 4. The predicted molar refractivity (Wildman–Crippen MR) is 63.0 cm³/mol. The van der Waals surface area contributed by atoms with Gasteiger partial charge in [0.25, 0.3) is 0 Å². The molecule has 0 aliphatic carbocycles. The van der Waals surface area contributed by atoms with E-state index in [0.717, 1.165) is 6.07 Å². The number of nitrogens with two attached hydrogens (primary N) is 1. The summed E-state index contributed by atoms with van der Waals surface area (Å²) < 4.78 is 72.2. The second-order valence-corrected chi connectivity index (χ2v) is 7.84. The Morgan fingerprint density at radius 2 is 1.72 bits per heavy atom. The molecule has 0 unspecified atom stereocenters. The van der Waals surface area contributed by atoms with Gasteiger partial charge < -0.3 is 5.73 Å². The fourth-order valence-corrected chi connectivity index (χ4v) is 4.10. The summed E-state index contributed by atoms with van der Waals surface area (Å²) in [7, 11) is -8.11. The highest BCUT2D eigenvalue weighted by Gasteiger charge is 2.20. The minimum absolute atomic E-state index is 0.396. The van der Waals surface area contributed by atoms with Crippen molar-refractivity contribution in [2.75, 3.05) is 21.8 Å². The molecule has 1 aromatic rings. The van der Waals surface area contributed by atoms with E-state index in [0.29, 0.717) is 12.3 Å². The lowest BCUT2D eigenvalue weighted by atomic mass is 10.2. The van der Waals surface area contributed by atoms with E-state index in [-0.39, 0.29) is 0 Å². The third-order valence-electron chi connectivity index (χ3n) is 1.72. The molecule has 1 aromatic carbocycles. The molecule has 0 heterocycles. The second kappa shape index (κ2) is 4.69. The van der Waals surface area contributed by atoms with Crippen molar-refractivity contribution >= 4 is 31.2 Å². The maximum absolute atomic E-state index is 13.2. The van der Waals surface area contributed by atoms with Crippen LogP contribution in [-0.4, -0.2) is 28.2 Å². The number of halogens is 2. The van der Waals surface area contributed by atoms with Crippen LogP contribution in [-0.2, 0) is 19.9 Å². The first kappa shape index (κ1) is 14.6. The highest BCUT2D eigenvalue weighted by atomic mass is 32.3. The van der Waals surface area contributed by atoms with Gasteiger partial charge in [-0.3, -0.25) is 4.72 Å². The van der Waals surface area contributed by atoms with Gasteiger partial charge in [0.15, 0.2) is 14.9 Å². The van der Waals surface area contributed by atoms with E-state index in [2.05, 4.69) is 0 Å². The number of anilines is 2. The summed E-state index contributed by atoms with van der Waals surface area (Å²) in [6, 6.07) is 1.12. The molecular formula is C8H10F2N2O4S2. The third-order valence-corrected chi connectivity index (χ3v) is 5.21. The maximum Gasteiger partial charge on any atom is 0.247 e. The molecule has 3 N–H and O–H groups in total. The van der Waals surface area contributed by atoms with Gasteiger partial charge in [0.2, 0.25) is 10.0 Å². The standard InChI is InChI=1S/C8H10F2N2O4S2/c1-17(13,14)4-18(15,16)12-8-3-7(11)5(9)2-6(8)10/h2-3,12H,4,11H2,1H3.